The van der Waals surface area contributed by atoms with Crippen molar-refractivity contribution in [3.05, 3.63) is 70.7 Å². The highest BCUT2D eigenvalue weighted by Gasteiger charge is 2.11. The van der Waals surface area contributed by atoms with Gasteiger partial charge in [0.2, 0.25) is 5.13 Å². The summed E-state index contributed by atoms with van der Waals surface area (Å²) < 4.78 is 10.9. The molecule has 0 spiro atoms. The van der Waals surface area contributed by atoms with Gasteiger partial charge in [-0.3, -0.25) is 10.1 Å². The second-order valence-corrected chi connectivity index (χ2v) is 6.97. The molecule has 0 aliphatic rings. The van der Waals surface area contributed by atoms with Gasteiger partial charge in [0.05, 0.1) is 7.11 Å². The van der Waals surface area contributed by atoms with Crippen molar-refractivity contribution in [2.45, 2.75) is 13.3 Å². The second kappa shape index (κ2) is 9.66. The molecule has 0 aliphatic heterocycles. The Morgan fingerprint density at radius 2 is 1.96 bits per heavy atom. The summed E-state index contributed by atoms with van der Waals surface area (Å²) in [5.74, 6) is 0.777. The van der Waals surface area contributed by atoms with Crippen LogP contribution in [-0.4, -0.2) is 29.8 Å². The monoisotopic (exact) mass is 395 g/mol. The number of hydrogen-bond donors (Lipinski definition) is 1. The van der Waals surface area contributed by atoms with Crippen LogP contribution in [0.5, 0.6) is 11.5 Å². The number of nitrogens with one attached hydrogen (secondary N) is 1. The van der Waals surface area contributed by atoms with E-state index in [4.69, 9.17) is 9.47 Å². The highest BCUT2D eigenvalue weighted by molar-refractivity contribution is 7.15. The van der Waals surface area contributed by atoms with E-state index in [2.05, 4.69) is 15.5 Å². The summed E-state index contributed by atoms with van der Waals surface area (Å²) >= 11 is 1.35. The zero-order valence-corrected chi connectivity index (χ0v) is 16.5. The number of aromatic nitrogens is 2. The lowest BCUT2D eigenvalue weighted by molar-refractivity contribution is -0.118. The van der Waals surface area contributed by atoms with Crippen LogP contribution in [0.4, 0.5) is 5.13 Å². The predicted octanol–water partition coefficient (Wildman–Crippen LogP) is 4.19. The third kappa shape index (κ3) is 5.40. The van der Waals surface area contributed by atoms with Gasteiger partial charge in [0, 0.05) is 6.42 Å². The summed E-state index contributed by atoms with van der Waals surface area (Å²) in [4.78, 5) is 12.2. The number of amides is 1. The summed E-state index contributed by atoms with van der Waals surface area (Å²) in [7, 11) is 1.57. The molecule has 1 amide bonds. The van der Waals surface area contributed by atoms with Crippen molar-refractivity contribution in [1.29, 1.82) is 0 Å². The maximum absolute atomic E-state index is 12.2. The van der Waals surface area contributed by atoms with Gasteiger partial charge in [0.1, 0.15) is 5.01 Å². The molecule has 7 heteroatoms. The number of carbonyl (C=O) groups excluding carboxylic acids is 1. The van der Waals surface area contributed by atoms with Crippen molar-refractivity contribution in [3.8, 4) is 11.5 Å². The molecule has 0 bridgehead atoms. The molecular formula is C21H21N3O3S. The Hall–Kier alpha value is -3.19. The molecular weight excluding hydrogens is 374 g/mol. The van der Waals surface area contributed by atoms with Gasteiger partial charge in [0.15, 0.2) is 18.1 Å². The molecule has 0 radical (unpaired) electrons. The quantitative estimate of drug-likeness (QED) is 0.619. The molecule has 0 fully saturated rings. The molecule has 0 atom stereocenters. The predicted molar refractivity (Wildman–Crippen MR) is 111 cm³/mol. The molecule has 6 nitrogen and oxygen atoms in total. The topological polar surface area (TPSA) is 73.3 Å². The van der Waals surface area contributed by atoms with Crippen LogP contribution >= 0.6 is 11.3 Å². The van der Waals surface area contributed by atoms with Gasteiger partial charge in [-0.1, -0.05) is 59.9 Å². The Morgan fingerprint density at radius 1 is 1.14 bits per heavy atom. The molecule has 0 unspecified atom stereocenters. The molecule has 1 N–H and O–H groups in total. The maximum Gasteiger partial charge on any atom is 0.264 e. The minimum atomic E-state index is -0.304. The van der Waals surface area contributed by atoms with Crippen LogP contribution in [0.1, 0.15) is 23.1 Å². The number of carbonyl (C=O) groups is 1. The van der Waals surface area contributed by atoms with Crippen molar-refractivity contribution in [3.63, 3.8) is 0 Å². The molecule has 3 aromatic rings. The molecule has 2 aromatic carbocycles. The smallest absolute Gasteiger partial charge is 0.264 e. The number of hydrogen-bond acceptors (Lipinski definition) is 6. The minimum absolute atomic E-state index is 0.146. The standard InChI is InChI=1S/C21H21N3O3S/c1-3-7-15-10-11-17(18(12-15)26-2)27-14-19(25)22-21-24-23-20(28-21)13-16-8-5-4-6-9-16/h3-12H,13-14H2,1-2H3,(H,22,24,25)/b7-3+. The third-order valence-electron chi connectivity index (χ3n) is 3.82. The largest absolute Gasteiger partial charge is 0.493 e. The molecule has 0 aliphatic carbocycles. The molecule has 0 saturated carbocycles. The molecule has 1 heterocycles. The summed E-state index contributed by atoms with van der Waals surface area (Å²) in [6, 6.07) is 15.5. The third-order valence-corrected chi connectivity index (χ3v) is 4.66. The Kier molecular flexibility index (Phi) is 6.75. The average Bonchev–Trinajstić information content (AvgIpc) is 3.14. The Balaban J connectivity index is 1.55. The first kappa shape index (κ1) is 19.6. The molecule has 1 aromatic heterocycles. The highest BCUT2D eigenvalue weighted by Crippen LogP contribution is 2.28. The molecule has 3 rings (SSSR count). The van der Waals surface area contributed by atoms with E-state index >= 15 is 0 Å². The van der Waals surface area contributed by atoms with E-state index < -0.39 is 0 Å². The lowest BCUT2D eigenvalue weighted by atomic mass is 10.2. The molecule has 28 heavy (non-hydrogen) atoms. The number of rotatable bonds is 8. The fourth-order valence-corrected chi connectivity index (χ4v) is 3.33. The van der Waals surface area contributed by atoms with Crippen LogP contribution < -0.4 is 14.8 Å². The first-order valence-electron chi connectivity index (χ1n) is 8.77. The molecule has 0 saturated heterocycles. The SMILES string of the molecule is C/C=C/c1ccc(OCC(=O)Nc2nnc(Cc3ccccc3)s2)c(OC)c1. The number of ether oxygens (including phenoxy) is 2. The number of methoxy groups -OCH3 is 1. The van der Waals surface area contributed by atoms with Gasteiger partial charge in [0.25, 0.3) is 5.91 Å². The van der Waals surface area contributed by atoms with Gasteiger partial charge in [-0.25, -0.2) is 0 Å². The Bertz CT molecular complexity index is 955. The summed E-state index contributed by atoms with van der Waals surface area (Å²) in [6.45, 7) is 1.80. The van der Waals surface area contributed by atoms with Crippen LogP contribution in [0.25, 0.3) is 6.08 Å². The van der Waals surface area contributed by atoms with Gasteiger partial charge < -0.3 is 9.47 Å². The fraction of sp³-hybridized carbons (Fsp3) is 0.190. The summed E-state index contributed by atoms with van der Waals surface area (Å²) in [5, 5.41) is 12.2. The normalized spacial score (nSPS) is 10.8. The van der Waals surface area contributed by atoms with Crippen LogP contribution in [-0.2, 0) is 11.2 Å². The average molecular weight is 395 g/mol. The van der Waals surface area contributed by atoms with Crippen LogP contribution in [0, 0.1) is 0 Å². The number of allylic oxidation sites excluding steroid dienone is 1. The van der Waals surface area contributed by atoms with Gasteiger partial charge in [-0.05, 0) is 30.2 Å². The van der Waals surface area contributed by atoms with E-state index in [0.717, 1.165) is 16.1 Å². The summed E-state index contributed by atoms with van der Waals surface area (Å²) in [5.41, 5.74) is 2.14. The maximum atomic E-state index is 12.2. The van der Waals surface area contributed by atoms with Gasteiger partial charge >= 0.3 is 0 Å². The highest BCUT2D eigenvalue weighted by atomic mass is 32.1. The van der Waals surface area contributed by atoms with Crippen molar-refractivity contribution < 1.29 is 14.3 Å². The van der Waals surface area contributed by atoms with Crippen LogP contribution in [0.2, 0.25) is 0 Å². The van der Waals surface area contributed by atoms with E-state index in [1.54, 1.807) is 13.2 Å². The Morgan fingerprint density at radius 3 is 2.71 bits per heavy atom. The van der Waals surface area contributed by atoms with E-state index in [0.29, 0.717) is 23.1 Å². The van der Waals surface area contributed by atoms with E-state index in [-0.39, 0.29) is 12.5 Å². The second-order valence-electron chi connectivity index (χ2n) is 5.91. The van der Waals surface area contributed by atoms with E-state index in [1.165, 1.54) is 11.3 Å². The van der Waals surface area contributed by atoms with Crippen molar-refractivity contribution in [1.82, 2.24) is 10.2 Å². The van der Waals surface area contributed by atoms with Crippen molar-refractivity contribution in [2.24, 2.45) is 0 Å². The zero-order valence-electron chi connectivity index (χ0n) is 15.7. The van der Waals surface area contributed by atoms with E-state index in [9.17, 15) is 4.79 Å². The zero-order chi connectivity index (χ0) is 19.8. The Labute approximate surface area is 167 Å². The first-order chi connectivity index (χ1) is 13.7. The van der Waals surface area contributed by atoms with Crippen LogP contribution in [0.15, 0.2) is 54.6 Å². The lowest BCUT2D eigenvalue weighted by Gasteiger charge is -2.10. The van der Waals surface area contributed by atoms with Crippen LogP contribution in [0.3, 0.4) is 0 Å². The lowest BCUT2D eigenvalue weighted by Crippen LogP contribution is -2.20. The van der Waals surface area contributed by atoms with Gasteiger partial charge in [-0.2, -0.15) is 0 Å². The summed E-state index contributed by atoms with van der Waals surface area (Å²) in [6.07, 6.45) is 4.58. The van der Waals surface area contributed by atoms with Crippen molar-refractivity contribution in [2.75, 3.05) is 19.0 Å². The van der Waals surface area contributed by atoms with Crippen molar-refractivity contribution >= 4 is 28.5 Å². The minimum Gasteiger partial charge on any atom is -0.493 e. The number of nitrogens with zero attached hydrogens (tertiary/aromatic N) is 2. The number of benzene rings is 2. The first-order valence-corrected chi connectivity index (χ1v) is 9.59. The van der Waals surface area contributed by atoms with Gasteiger partial charge in [-0.15, -0.1) is 10.2 Å². The van der Waals surface area contributed by atoms with E-state index in [1.807, 2.05) is 61.5 Å². The number of anilines is 1. The molecule has 144 valence electrons. The fourth-order valence-electron chi connectivity index (χ4n) is 2.54.